The zero-order valence-electron chi connectivity index (χ0n) is 17.0. The van der Waals surface area contributed by atoms with Gasteiger partial charge in [-0.25, -0.2) is 4.79 Å². The third kappa shape index (κ3) is 3.76. The molecule has 0 saturated carbocycles. The van der Waals surface area contributed by atoms with Crippen LogP contribution in [0.25, 0.3) is 0 Å². The predicted octanol–water partition coefficient (Wildman–Crippen LogP) is 3.27. The van der Waals surface area contributed by atoms with Crippen LogP contribution in [0.1, 0.15) is 37.5 Å². The molecule has 0 fully saturated rings. The van der Waals surface area contributed by atoms with E-state index in [1.165, 1.54) is 19.2 Å². The fourth-order valence-electron chi connectivity index (χ4n) is 3.79. The molecule has 0 radical (unpaired) electrons. The molecule has 30 heavy (non-hydrogen) atoms. The molecule has 9 heteroatoms. The molecule has 160 valence electrons. The molecule has 1 amide bonds. The minimum atomic E-state index is -1.67. The van der Waals surface area contributed by atoms with Crippen LogP contribution in [0.3, 0.4) is 0 Å². The lowest BCUT2D eigenvalue weighted by Gasteiger charge is -2.50. The number of methoxy groups -OCH3 is 1. The molecule has 1 aliphatic heterocycles. The minimum absolute atomic E-state index is 0.0504. The van der Waals surface area contributed by atoms with Crippen molar-refractivity contribution < 1.29 is 29.0 Å². The lowest BCUT2D eigenvalue weighted by molar-refractivity contribution is -0.386. The number of ether oxygens (including phenoxy) is 3. The summed E-state index contributed by atoms with van der Waals surface area (Å²) in [5.41, 5.74) is 3.28. The Morgan fingerprint density at radius 1 is 1.30 bits per heavy atom. The molecule has 1 heterocycles. The van der Waals surface area contributed by atoms with Gasteiger partial charge in [0.2, 0.25) is 0 Å². The Hall–Kier alpha value is -3.33. The van der Waals surface area contributed by atoms with Gasteiger partial charge in [0.25, 0.3) is 0 Å². The zero-order valence-corrected chi connectivity index (χ0v) is 17.0. The van der Waals surface area contributed by atoms with E-state index in [0.29, 0.717) is 6.42 Å². The van der Waals surface area contributed by atoms with Crippen LogP contribution in [0.2, 0.25) is 0 Å². The molecule has 3 rings (SSSR count). The lowest BCUT2D eigenvalue weighted by Crippen LogP contribution is -2.61. The molecule has 0 spiro atoms. The van der Waals surface area contributed by atoms with E-state index < -0.39 is 28.3 Å². The van der Waals surface area contributed by atoms with E-state index in [9.17, 15) is 20.0 Å². The first kappa shape index (κ1) is 21.4. The molecule has 0 saturated heterocycles. The highest BCUT2D eigenvalue weighted by atomic mass is 16.6. The van der Waals surface area contributed by atoms with Crippen molar-refractivity contribution in [2.45, 2.75) is 44.0 Å². The van der Waals surface area contributed by atoms with E-state index in [4.69, 9.17) is 19.9 Å². The average Bonchev–Trinajstić information content (AvgIpc) is 2.69. The van der Waals surface area contributed by atoms with Crippen molar-refractivity contribution in [3.63, 3.8) is 0 Å². The predicted molar refractivity (Wildman–Crippen MR) is 107 cm³/mol. The van der Waals surface area contributed by atoms with Gasteiger partial charge in [-0.3, -0.25) is 10.1 Å². The van der Waals surface area contributed by atoms with Crippen LogP contribution in [-0.2, 0) is 11.2 Å². The van der Waals surface area contributed by atoms with E-state index in [0.717, 1.165) is 5.56 Å². The van der Waals surface area contributed by atoms with Gasteiger partial charge in [-0.05, 0) is 38.3 Å². The van der Waals surface area contributed by atoms with Crippen molar-refractivity contribution >= 4 is 11.8 Å². The number of aliphatic hydroxyl groups is 1. The van der Waals surface area contributed by atoms with E-state index in [2.05, 4.69) is 0 Å². The smallest absolute Gasteiger partial charge is 0.405 e. The number of nitrogens with two attached hydrogens (primary N) is 1. The molecule has 0 bridgehead atoms. The van der Waals surface area contributed by atoms with Gasteiger partial charge in [0.05, 0.1) is 18.1 Å². The number of carbonyl (C=O) groups is 1. The number of hydrogen-bond acceptors (Lipinski definition) is 7. The van der Waals surface area contributed by atoms with Gasteiger partial charge in [-0.2, -0.15) is 0 Å². The molecular weight excluding hydrogens is 392 g/mol. The molecule has 2 aromatic carbocycles. The number of nitro benzene ring substituents is 1. The topological polar surface area (TPSA) is 134 Å². The van der Waals surface area contributed by atoms with Crippen molar-refractivity contribution in [3.8, 4) is 11.5 Å². The van der Waals surface area contributed by atoms with Crippen LogP contribution in [0.4, 0.5) is 10.5 Å². The van der Waals surface area contributed by atoms with Crippen LogP contribution in [0.5, 0.6) is 11.5 Å². The Balaban J connectivity index is 2.11. The number of fused-ring (bicyclic) bond motifs is 1. The Kier molecular flexibility index (Phi) is 5.58. The summed E-state index contributed by atoms with van der Waals surface area (Å²) < 4.78 is 16.4. The standard InChI is InChI=1S/C21H24N2O7/c1-20(2)21(25,10-9-13-7-5-4-6-8-13)18(29-19(22)24)14-11-17(28-3)15(23(26)27)12-16(14)30-20/h4-8,11-12,18,25H,9-10H2,1-3H3,(H2,22,24)/t18-,21+/m0/s1. The van der Waals surface area contributed by atoms with E-state index in [1.54, 1.807) is 13.8 Å². The Morgan fingerprint density at radius 3 is 2.53 bits per heavy atom. The van der Waals surface area contributed by atoms with Gasteiger partial charge in [0.1, 0.15) is 17.0 Å². The summed E-state index contributed by atoms with van der Waals surface area (Å²) >= 11 is 0. The summed E-state index contributed by atoms with van der Waals surface area (Å²) in [5.74, 6) is 0.0636. The molecule has 2 atom stereocenters. The molecule has 0 aromatic heterocycles. The van der Waals surface area contributed by atoms with Gasteiger partial charge in [0, 0.05) is 5.56 Å². The first-order chi connectivity index (χ1) is 14.1. The third-order valence-electron chi connectivity index (χ3n) is 5.50. The largest absolute Gasteiger partial charge is 0.490 e. The number of carbonyl (C=O) groups excluding carboxylic acids is 1. The van der Waals surface area contributed by atoms with Crippen LogP contribution in [-0.4, -0.2) is 34.4 Å². The fourth-order valence-corrected chi connectivity index (χ4v) is 3.79. The highest BCUT2D eigenvalue weighted by Gasteiger charge is 2.58. The second-order valence-corrected chi connectivity index (χ2v) is 7.66. The molecule has 0 unspecified atom stereocenters. The third-order valence-corrected chi connectivity index (χ3v) is 5.50. The SMILES string of the molecule is COc1cc2c(cc1[N+](=O)[O-])OC(C)(C)[C@@](O)(CCc1ccccc1)[C@H]2OC(N)=O. The van der Waals surface area contributed by atoms with Crippen LogP contribution in [0, 0.1) is 10.1 Å². The number of benzene rings is 2. The van der Waals surface area contributed by atoms with Gasteiger partial charge >= 0.3 is 11.8 Å². The highest BCUT2D eigenvalue weighted by molar-refractivity contribution is 5.66. The molecule has 3 N–H and O–H groups in total. The molecule has 2 aromatic rings. The van der Waals surface area contributed by atoms with Gasteiger partial charge < -0.3 is 25.1 Å². The fraction of sp³-hybridized carbons (Fsp3) is 0.381. The molecule has 0 aliphatic carbocycles. The number of hydrogen-bond donors (Lipinski definition) is 2. The number of nitro groups is 1. The van der Waals surface area contributed by atoms with Crippen molar-refractivity contribution in [3.05, 3.63) is 63.7 Å². The van der Waals surface area contributed by atoms with Gasteiger partial charge in [-0.15, -0.1) is 0 Å². The van der Waals surface area contributed by atoms with Crippen LogP contribution < -0.4 is 15.2 Å². The number of aryl methyl sites for hydroxylation is 1. The van der Waals surface area contributed by atoms with Gasteiger partial charge in [-0.1, -0.05) is 30.3 Å². The number of nitrogens with zero attached hydrogens (tertiary/aromatic N) is 1. The Morgan fingerprint density at radius 2 is 1.97 bits per heavy atom. The number of amides is 1. The summed E-state index contributed by atoms with van der Waals surface area (Å²) in [6.07, 6.45) is -1.64. The first-order valence-electron chi connectivity index (χ1n) is 9.37. The van der Waals surface area contributed by atoms with Gasteiger partial charge in [0.15, 0.2) is 11.9 Å². The molecular formula is C21H24N2O7. The van der Waals surface area contributed by atoms with E-state index in [1.807, 2.05) is 30.3 Å². The average molecular weight is 416 g/mol. The Bertz CT molecular complexity index is 961. The summed E-state index contributed by atoms with van der Waals surface area (Å²) in [6.45, 7) is 3.27. The lowest BCUT2D eigenvalue weighted by atomic mass is 9.72. The van der Waals surface area contributed by atoms with Crippen molar-refractivity contribution in [1.82, 2.24) is 0 Å². The highest BCUT2D eigenvalue weighted by Crippen LogP contribution is 2.52. The normalized spacial score (nSPS) is 21.8. The quantitative estimate of drug-likeness (QED) is 0.545. The Labute approximate surface area is 173 Å². The second-order valence-electron chi connectivity index (χ2n) is 7.66. The molecule has 1 aliphatic rings. The van der Waals surface area contributed by atoms with Crippen LogP contribution >= 0.6 is 0 Å². The maximum Gasteiger partial charge on any atom is 0.405 e. The second kappa shape index (κ2) is 7.83. The summed E-state index contributed by atoms with van der Waals surface area (Å²) in [7, 11) is 1.29. The molecule has 9 nitrogen and oxygen atoms in total. The van der Waals surface area contributed by atoms with Crippen molar-refractivity contribution in [2.24, 2.45) is 5.73 Å². The maximum absolute atomic E-state index is 11.7. The first-order valence-corrected chi connectivity index (χ1v) is 9.37. The summed E-state index contributed by atoms with van der Waals surface area (Å²) in [5, 5.41) is 23.1. The summed E-state index contributed by atoms with van der Waals surface area (Å²) in [4.78, 5) is 22.5. The van der Waals surface area contributed by atoms with Crippen molar-refractivity contribution in [2.75, 3.05) is 7.11 Å². The summed E-state index contributed by atoms with van der Waals surface area (Å²) in [6, 6.07) is 12.0. The number of rotatable bonds is 6. The minimum Gasteiger partial charge on any atom is -0.490 e. The van der Waals surface area contributed by atoms with E-state index in [-0.39, 0.29) is 29.2 Å². The van der Waals surface area contributed by atoms with Crippen molar-refractivity contribution in [1.29, 1.82) is 0 Å². The van der Waals surface area contributed by atoms with Crippen LogP contribution in [0.15, 0.2) is 42.5 Å². The van der Waals surface area contributed by atoms with E-state index >= 15 is 0 Å². The maximum atomic E-state index is 11.7. The monoisotopic (exact) mass is 416 g/mol. The number of primary amides is 1. The zero-order chi connectivity index (χ0) is 22.1.